The summed E-state index contributed by atoms with van der Waals surface area (Å²) in [7, 11) is 0. The van der Waals surface area contributed by atoms with Crippen molar-refractivity contribution in [3.05, 3.63) is 53.1 Å². The maximum atomic E-state index is 3.74. The number of benzene rings is 1. The second-order valence-electron chi connectivity index (χ2n) is 6.60. The van der Waals surface area contributed by atoms with Crippen LogP contribution in [-0.4, -0.2) is 5.54 Å². The van der Waals surface area contributed by atoms with Gasteiger partial charge in [0.05, 0.1) is 0 Å². The summed E-state index contributed by atoms with van der Waals surface area (Å²) >= 11 is -0.191. The molecule has 122 valence electrons. The standard InChI is InChI=1S/C14H15.C4H10N.2ClH.Ti/c1-3-12-8-4-5-9-14(12)13-10-6-7-11(13)2;1-4(2,3)5;;;/h3-9H,10H2,1-2H3;5H,1-3H3;2*1H;/q;-1;;;+1. The molecule has 0 saturated carbocycles. The molecule has 1 aromatic carbocycles. The van der Waals surface area contributed by atoms with Crippen LogP contribution < -0.4 is 3.80 Å². The van der Waals surface area contributed by atoms with Crippen molar-refractivity contribution in [3.8, 4) is 0 Å². The molecule has 0 radical (unpaired) electrons. The van der Waals surface area contributed by atoms with Crippen molar-refractivity contribution in [2.24, 2.45) is 0 Å². The summed E-state index contributed by atoms with van der Waals surface area (Å²) in [5, 5.41) is 0. The summed E-state index contributed by atoms with van der Waals surface area (Å²) in [5.41, 5.74) is 6.14. The molecular weight excluding hydrogens is 349 g/mol. The van der Waals surface area contributed by atoms with Gasteiger partial charge in [-0.2, -0.15) is 0 Å². The fourth-order valence-corrected chi connectivity index (χ4v) is 4.14. The van der Waals surface area contributed by atoms with Gasteiger partial charge in [-0.15, -0.1) is 24.8 Å². The quantitative estimate of drug-likeness (QED) is 0.664. The van der Waals surface area contributed by atoms with Crippen LogP contribution >= 0.6 is 24.8 Å². The first-order valence-electron chi connectivity index (χ1n) is 7.37. The summed E-state index contributed by atoms with van der Waals surface area (Å²) in [4.78, 5) is 0. The predicted octanol–water partition coefficient (Wildman–Crippen LogP) is 5.71. The van der Waals surface area contributed by atoms with Gasteiger partial charge in [-0.25, -0.2) is 0 Å². The van der Waals surface area contributed by atoms with Gasteiger partial charge in [-0.3, -0.25) is 0 Å². The Balaban J connectivity index is 0.00000220. The van der Waals surface area contributed by atoms with Gasteiger partial charge in [0.15, 0.2) is 0 Å². The second-order valence-corrected chi connectivity index (χ2v) is 8.79. The minimum atomic E-state index is -0.191. The Morgan fingerprint density at radius 3 is 2.32 bits per heavy atom. The first-order valence-corrected chi connectivity index (χ1v) is 9.05. The molecule has 2 rings (SSSR count). The van der Waals surface area contributed by atoms with E-state index in [1.54, 1.807) is 0 Å². The van der Waals surface area contributed by atoms with Crippen molar-refractivity contribution < 1.29 is 19.4 Å². The minimum absolute atomic E-state index is 0. The van der Waals surface area contributed by atoms with Crippen molar-refractivity contribution in [2.45, 2.75) is 50.8 Å². The molecule has 22 heavy (non-hydrogen) atoms. The van der Waals surface area contributed by atoms with Crippen LogP contribution in [0.25, 0.3) is 5.57 Å². The number of rotatable bonds is 4. The zero-order valence-corrected chi connectivity index (χ0v) is 17.3. The first-order chi connectivity index (χ1) is 9.38. The predicted molar refractivity (Wildman–Crippen MR) is 98.6 cm³/mol. The van der Waals surface area contributed by atoms with E-state index < -0.39 is 0 Å². The van der Waals surface area contributed by atoms with Gasteiger partial charge in [-0.05, 0) is 0 Å². The van der Waals surface area contributed by atoms with E-state index in [0.29, 0.717) is 4.22 Å². The molecule has 1 aliphatic rings. The fraction of sp³-hybridized carbons (Fsp3) is 0.444. The number of nitrogens with one attached hydrogen (secondary N) is 1. The zero-order valence-electron chi connectivity index (χ0n) is 14.1. The van der Waals surface area contributed by atoms with E-state index >= 15 is 0 Å². The fourth-order valence-electron chi connectivity index (χ4n) is 2.49. The number of hydrogen-bond donors (Lipinski definition) is 1. The Morgan fingerprint density at radius 1 is 1.14 bits per heavy atom. The molecule has 4 heteroatoms. The Morgan fingerprint density at radius 2 is 1.77 bits per heavy atom. The van der Waals surface area contributed by atoms with Gasteiger partial charge in [0, 0.05) is 0 Å². The van der Waals surface area contributed by atoms with Crippen LogP contribution in [0.15, 0.2) is 42.0 Å². The normalized spacial score (nSPS) is 15.1. The molecule has 1 nitrogen and oxygen atoms in total. The molecule has 0 heterocycles. The molecule has 0 bridgehead atoms. The van der Waals surface area contributed by atoms with E-state index in [1.807, 2.05) is 0 Å². The van der Waals surface area contributed by atoms with Gasteiger partial charge in [0.1, 0.15) is 0 Å². The van der Waals surface area contributed by atoms with Crippen molar-refractivity contribution in [1.82, 2.24) is 3.80 Å². The summed E-state index contributed by atoms with van der Waals surface area (Å²) in [6.07, 6.45) is 5.61. The van der Waals surface area contributed by atoms with Crippen LogP contribution in [0.1, 0.15) is 56.4 Å². The zero-order chi connectivity index (χ0) is 14.8. The maximum Gasteiger partial charge on any atom is -0.147 e. The summed E-state index contributed by atoms with van der Waals surface area (Å²) < 4.78 is 4.39. The van der Waals surface area contributed by atoms with E-state index in [0.717, 1.165) is 6.42 Å². The third-order valence-corrected chi connectivity index (χ3v) is 6.14. The Hall–Kier alpha value is -0.0457. The van der Waals surface area contributed by atoms with Crippen molar-refractivity contribution in [3.63, 3.8) is 0 Å². The smallest absolute Gasteiger partial charge is 0.147 e. The average Bonchev–Trinajstić information content (AvgIpc) is 2.81. The maximum absolute atomic E-state index is 3.74. The molecule has 0 aliphatic heterocycles. The molecule has 1 aliphatic carbocycles. The van der Waals surface area contributed by atoms with Crippen LogP contribution in [0, 0.1) is 0 Å². The van der Waals surface area contributed by atoms with Crippen LogP contribution in [0.5, 0.6) is 0 Å². The Bertz CT molecular complexity index is 544. The van der Waals surface area contributed by atoms with Crippen LogP contribution in [0.3, 0.4) is 0 Å². The molecule has 0 fully saturated rings. The van der Waals surface area contributed by atoms with Gasteiger partial charge >= 0.3 is 133 Å². The van der Waals surface area contributed by atoms with Crippen LogP contribution in [0.4, 0.5) is 0 Å². The van der Waals surface area contributed by atoms with Crippen molar-refractivity contribution >= 4 is 30.4 Å². The topological polar surface area (TPSA) is 12.0 Å². The summed E-state index contributed by atoms with van der Waals surface area (Å²) in [6, 6.07) is 8.95. The first kappa shape index (κ1) is 22.0. The van der Waals surface area contributed by atoms with E-state index in [1.165, 1.54) is 22.3 Å². The van der Waals surface area contributed by atoms with Crippen LogP contribution in [-0.2, 0) is 19.4 Å². The molecule has 0 aromatic heterocycles. The minimum Gasteiger partial charge on any atom is -0.147 e. The van der Waals surface area contributed by atoms with Gasteiger partial charge in [0.2, 0.25) is 0 Å². The van der Waals surface area contributed by atoms with E-state index in [2.05, 4.69) is 74.8 Å². The van der Waals surface area contributed by atoms with Crippen molar-refractivity contribution in [1.29, 1.82) is 0 Å². The molecule has 1 unspecified atom stereocenters. The van der Waals surface area contributed by atoms with Gasteiger partial charge in [-0.1, -0.05) is 0 Å². The molecule has 0 spiro atoms. The third kappa shape index (κ3) is 5.87. The second kappa shape index (κ2) is 9.30. The molecule has 1 N–H and O–H groups in total. The van der Waals surface area contributed by atoms with Crippen LogP contribution in [0.2, 0.25) is 0 Å². The summed E-state index contributed by atoms with van der Waals surface area (Å²) in [6.45, 7) is 11.4. The number of halogens is 2. The molecule has 1 aromatic rings. The average molecular weight is 376 g/mol. The van der Waals surface area contributed by atoms with Gasteiger partial charge in [0.25, 0.3) is 0 Å². The SMILES string of the molecule is CC1=C(c2ccccc2[CH](C)[Ti][NH]C(C)(C)C)CC=C1.Cl.Cl. The van der Waals surface area contributed by atoms with Crippen molar-refractivity contribution in [2.75, 3.05) is 0 Å². The Labute approximate surface area is 157 Å². The van der Waals surface area contributed by atoms with E-state index in [9.17, 15) is 0 Å². The molecule has 1 atom stereocenters. The monoisotopic (exact) mass is 375 g/mol. The molecular formula is C18H27Cl2NTi. The Kier molecular flexibility index (Phi) is 9.28. The van der Waals surface area contributed by atoms with Gasteiger partial charge < -0.3 is 0 Å². The summed E-state index contributed by atoms with van der Waals surface area (Å²) in [5.74, 6) is 0. The largest absolute Gasteiger partial charge is 0.147 e. The molecule has 0 saturated heterocycles. The number of allylic oxidation sites excluding steroid dienone is 4. The van der Waals surface area contributed by atoms with E-state index in [4.69, 9.17) is 0 Å². The number of hydrogen-bond acceptors (Lipinski definition) is 1. The molecule has 0 amide bonds. The van der Waals surface area contributed by atoms with E-state index in [-0.39, 0.29) is 49.8 Å². The third-order valence-electron chi connectivity index (χ3n) is 3.58.